The molecule has 0 radical (unpaired) electrons. The summed E-state index contributed by atoms with van der Waals surface area (Å²) in [6.45, 7) is 2.17. The average Bonchev–Trinajstić information content (AvgIpc) is 3.00. The van der Waals surface area contributed by atoms with Crippen molar-refractivity contribution in [2.75, 3.05) is 5.32 Å². The van der Waals surface area contributed by atoms with Crippen molar-refractivity contribution in [3.63, 3.8) is 0 Å². The van der Waals surface area contributed by atoms with E-state index in [9.17, 15) is 4.79 Å². The number of nitrogens with one attached hydrogen (secondary N) is 1. The van der Waals surface area contributed by atoms with Crippen molar-refractivity contribution < 1.29 is 9.90 Å². The van der Waals surface area contributed by atoms with Crippen LogP contribution in [0, 0.1) is 5.92 Å². The fourth-order valence-electron chi connectivity index (χ4n) is 1.95. The molecule has 1 heterocycles. The number of pyridine rings is 1. The second kappa shape index (κ2) is 4.92. The Hall–Kier alpha value is -1.29. The van der Waals surface area contributed by atoms with Crippen LogP contribution >= 0.6 is 11.6 Å². The molecule has 0 aliphatic heterocycles. The van der Waals surface area contributed by atoms with Crippen molar-refractivity contribution >= 4 is 23.4 Å². The van der Waals surface area contributed by atoms with Gasteiger partial charge in [-0.15, -0.1) is 0 Å². The number of nitrogens with zero attached hydrogens (tertiary/aromatic N) is 1. The van der Waals surface area contributed by atoms with E-state index in [4.69, 9.17) is 16.7 Å². The third kappa shape index (κ3) is 2.88. The minimum atomic E-state index is -1.01. The molecule has 0 amide bonds. The van der Waals surface area contributed by atoms with Crippen LogP contribution in [0.2, 0.25) is 5.02 Å². The van der Waals surface area contributed by atoms with Crippen LogP contribution in [0.1, 0.15) is 36.5 Å². The van der Waals surface area contributed by atoms with E-state index >= 15 is 0 Å². The molecule has 2 rings (SSSR count). The van der Waals surface area contributed by atoms with Crippen molar-refractivity contribution in [2.24, 2.45) is 5.92 Å². The maximum absolute atomic E-state index is 10.7. The van der Waals surface area contributed by atoms with Crippen LogP contribution in [-0.4, -0.2) is 22.1 Å². The van der Waals surface area contributed by atoms with E-state index < -0.39 is 5.97 Å². The number of hydrogen-bond donors (Lipinski definition) is 2. The zero-order valence-corrected chi connectivity index (χ0v) is 10.4. The molecule has 1 aliphatic carbocycles. The predicted molar refractivity (Wildman–Crippen MR) is 66.6 cm³/mol. The summed E-state index contributed by atoms with van der Waals surface area (Å²) in [5, 5.41) is 12.4. The molecule has 17 heavy (non-hydrogen) atoms. The predicted octanol–water partition coefficient (Wildman–Crippen LogP) is 3.03. The lowest BCUT2D eigenvalue weighted by molar-refractivity contribution is 0.0696. The Morgan fingerprint density at radius 2 is 2.47 bits per heavy atom. The van der Waals surface area contributed by atoms with E-state index in [0.717, 1.165) is 6.42 Å². The van der Waals surface area contributed by atoms with Gasteiger partial charge in [0.2, 0.25) is 0 Å². The van der Waals surface area contributed by atoms with Crippen LogP contribution < -0.4 is 5.32 Å². The number of aromatic carboxylic acids is 1. The van der Waals surface area contributed by atoms with Gasteiger partial charge in [0.1, 0.15) is 5.82 Å². The summed E-state index contributed by atoms with van der Waals surface area (Å²) in [7, 11) is 0. The van der Waals surface area contributed by atoms with Crippen LogP contribution in [0.15, 0.2) is 12.3 Å². The number of halogens is 1. The smallest absolute Gasteiger partial charge is 0.337 e. The summed E-state index contributed by atoms with van der Waals surface area (Å²) < 4.78 is 0. The molecular formula is C12H15ClN2O2. The highest BCUT2D eigenvalue weighted by atomic mass is 35.5. The summed E-state index contributed by atoms with van der Waals surface area (Å²) in [4.78, 5) is 14.8. The first-order valence-electron chi connectivity index (χ1n) is 5.77. The Morgan fingerprint density at radius 1 is 1.71 bits per heavy atom. The third-order valence-electron chi connectivity index (χ3n) is 2.99. The summed E-state index contributed by atoms with van der Waals surface area (Å²) in [5.41, 5.74) is 0.112. The van der Waals surface area contributed by atoms with Gasteiger partial charge in [0.25, 0.3) is 0 Å². The van der Waals surface area contributed by atoms with E-state index in [2.05, 4.69) is 17.2 Å². The van der Waals surface area contributed by atoms with Gasteiger partial charge in [0.05, 0.1) is 10.6 Å². The van der Waals surface area contributed by atoms with Crippen LogP contribution in [0.25, 0.3) is 0 Å². The summed E-state index contributed by atoms with van der Waals surface area (Å²) in [5.74, 6) is 0.276. The van der Waals surface area contributed by atoms with Crippen molar-refractivity contribution in [1.29, 1.82) is 0 Å². The summed E-state index contributed by atoms with van der Waals surface area (Å²) >= 11 is 5.98. The van der Waals surface area contributed by atoms with E-state index in [1.807, 2.05) is 0 Å². The Bertz CT molecular complexity index is 437. The highest BCUT2D eigenvalue weighted by Gasteiger charge is 2.36. The van der Waals surface area contributed by atoms with Gasteiger partial charge in [0.15, 0.2) is 0 Å². The van der Waals surface area contributed by atoms with Crippen molar-refractivity contribution in [3.8, 4) is 0 Å². The van der Waals surface area contributed by atoms with Gasteiger partial charge >= 0.3 is 5.97 Å². The van der Waals surface area contributed by atoms with Crippen LogP contribution in [0.3, 0.4) is 0 Å². The first-order chi connectivity index (χ1) is 8.11. The molecule has 92 valence electrons. The van der Waals surface area contributed by atoms with Crippen molar-refractivity contribution in [2.45, 2.75) is 32.2 Å². The van der Waals surface area contributed by atoms with Crippen molar-refractivity contribution in [1.82, 2.24) is 4.98 Å². The molecule has 5 heteroatoms. The molecule has 2 N–H and O–H groups in total. The lowest BCUT2D eigenvalue weighted by Crippen LogP contribution is -2.08. The molecular weight excluding hydrogens is 240 g/mol. The Kier molecular flexibility index (Phi) is 3.52. The molecule has 1 aromatic rings. The second-order valence-corrected chi connectivity index (χ2v) is 4.80. The van der Waals surface area contributed by atoms with Crippen LogP contribution in [0.4, 0.5) is 5.82 Å². The third-order valence-corrected chi connectivity index (χ3v) is 3.28. The minimum Gasteiger partial charge on any atom is -0.478 e. The quantitative estimate of drug-likeness (QED) is 0.848. The molecule has 0 saturated heterocycles. The fourth-order valence-corrected chi connectivity index (χ4v) is 2.17. The SMILES string of the molecule is CCCC1CC1Nc1ncc(C(=O)O)cc1Cl. The number of carboxylic acids is 1. The molecule has 0 spiro atoms. The molecule has 1 aliphatic rings. The molecule has 2 atom stereocenters. The van der Waals surface area contributed by atoms with Gasteiger partial charge in [-0.1, -0.05) is 24.9 Å². The number of aromatic nitrogens is 1. The number of anilines is 1. The second-order valence-electron chi connectivity index (χ2n) is 4.39. The summed E-state index contributed by atoms with van der Waals surface area (Å²) in [6, 6.07) is 1.87. The Balaban J connectivity index is 2.00. The Morgan fingerprint density at radius 3 is 3.06 bits per heavy atom. The maximum atomic E-state index is 10.7. The highest BCUT2D eigenvalue weighted by Crippen LogP contribution is 2.38. The molecule has 1 saturated carbocycles. The van der Waals surface area contributed by atoms with Gasteiger partial charge in [-0.3, -0.25) is 0 Å². The lowest BCUT2D eigenvalue weighted by Gasteiger charge is -2.07. The number of carbonyl (C=O) groups is 1. The van der Waals surface area contributed by atoms with Gasteiger partial charge in [-0.25, -0.2) is 9.78 Å². The normalized spacial score (nSPS) is 22.2. The van der Waals surface area contributed by atoms with Gasteiger partial charge in [0, 0.05) is 12.2 Å². The first-order valence-corrected chi connectivity index (χ1v) is 6.15. The molecule has 2 unspecified atom stereocenters. The molecule has 0 bridgehead atoms. The van der Waals surface area contributed by atoms with E-state index in [-0.39, 0.29) is 5.56 Å². The molecule has 1 fully saturated rings. The van der Waals surface area contributed by atoms with Crippen LogP contribution in [0.5, 0.6) is 0 Å². The number of carboxylic acid groups (broad SMARTS) is 1. The lowest BCUT2D eigenvalue weighted by atomic mass is 10.2. The summed E-state index contributed by atoms with van der Waals surface area (Å²) in [6.07, 6.45) is 4.87. The molecule has 1 aromatic heterocycles. The zero-order valence-electron chi connectivity index (χ0n) is 9.61. The molecule has 4 nitrogen and oxygen atoms in total. The van der Waals surface area contributed by atoms with E-state index in [1.54, 1.807) is 0 Å². The van der Waals surface area contributed by atoms with Gasteiger partial charge in [-0.05, 0) is 24.8 Å². The number of hydrogen-bond acceptors (Lipinski definition) is 3. The van der Waals surface area contributed by atoms with E-state index in [1.165, 1.54) is 25.1 Å². The van der Waals surface area contributed by atoms with E-state index in [0.29, 0.717) is 22.8 Å². The van der Waals surface area contributed by atoms with Gasteiger partial charge < -0.3 is 10.4 Å². The minimum absolute atomic E-state index is 0.112. The Labute approximate surface area is 105 Å². The first kappa shape index (κ1) is 12.2. The van der Waals surface area contributed by atoms with Crippen molar-refractivity contribution in [3.05, 3.63) is 22.8 Å². The monoisotopic (exact) mass is 254 g/mol. The van der Waals surface area contributed by atoms with Gasteiger partial charge in [-0.2, -0.15) is 0 Å². The van der Waals surface area contributed by atoms with Crippen LogP contribution in [-0.2, 0) is 0 Å². The highest BCUT2D eigenvalue weighted by molar-refractivity contribution is 6.33. The maximum Gasteiger partial charge on any atom is 0.337 e. The topological polar surface area (TPSA) is 62.2 Å². The number of rotatable bonds is 5. The molecule has 0 aromatic carbocycles. The zero-order chi connectivity index (χ0) is 12.4. The standard InChI is InChI=1S/C12H15ClN2O2/c1-2-3-7-5-10(7)15-11-9(13)4-8(6-14-11)12(16)17/h4,6-7,10H,2-3,5H2,1H3,(H,14,15)(H,16,17). The average molecular weight is 255 g/mol. The largest absolute Gasteiger partial charge is 0.478 e. The fraction of sp³-hybridized carbons (Fsp3) is 0.500.